The van der Waals surface area contributed by atoms with Crippen LogP contribution in [0, 0.1) is 0 Å². The van der Waals surface area contributed by atoms with Crippen molar-refractivity contribution >= 4 is 11.8 Å². The first-order valence-electron chi connectivity index (χ1n) is 4.66. The third-order valence-electron chi connectivity index (χ3n) is 2.77. The van der Waals surface area contributed by atoms with Gasteiger partial charge < -0.3 is 5.11 Å². The molecule has 2 rings (SSSR count). The summed E-state index contributed by atoms with van der Waals surface area (Å²) in [6, 6.07) is 6.34. The van der Waals surface area contributed by atoms with Gasteiger partial charge >= 0.3 is 0 Å². The molecular formula is C11H11NO3. The van der Waals surface area contributed by atoms with E-state index in [4.69, 9.17) is 5.11 Å². The van der Waals surface area contributed by atoms with Gasteiger partial charge in [0.25, 0.3) is 0 Å². The maximum absolute atomic E-state index is 11.6. The quantitative estimate of drug-likeness (QED) is 0.663. The molecule has 0 bridgehead atoms. The van der Waals surface area contributed by atoms with Crippen molar-refractivity contribution < 1.29 is 14.7 Å². The predicted molar refractivity (Wildman–Crippen MR) is 53.2 cm³/mol. The Kier molecular flexibility index (Phi) is 2.00. The number of phenolic OH excluding ortho intramolecular Hbond substituents is 1. The Bertz CT molecular complexity index is 424. The van der Waals surface area contributed by atoms with E-state index in [2.05, 4.69) is 5.32 Å². The van der Waals surface area contributed by atoms with Crippen molar-refractivity contribution in [2.45, 2.75) is 18.8 Å². The standard InChI is InChI=1S/C11H11NO3/c1-11(6-9(14)12-10(11)15)7-2-4-8(13)5-3-7/h2-5,13H,6H2,1H3,(H,12,14,15). The second-order valence-electron chi connectivity index (χ2n) is 3.93. The number of aromatic hydroxyl groups is 1. The zero-order valence-electron chi connectivity index (χ0n) is 8.28. The van der Waals surface area contributed by atoms with E-state index >= 15 is 0 Å². The van der Waals surface area contributed by atoms with Gasteiger partial charge in [-0.05, 0) is 24.6 Å². The Morgan fingerprint density at radius 2 is 1.87 bits per heavy atom. The Hall–Kier alpha value is -1.84. The minimum Gasteiger partial charge on any atom is -0.508 e. The molecule has 4 nitrogen and oxygen atoms in total. The molecule has 1 heterocycles. The van der Waals surface area contributed by atoms with Crippen molar-refractivity contribution in [2.24, 2.45) is 0 Å². The van der Waals surface area contributed by atoms with Gasteiger partial charge in [-0.2, -0.15) is 0 Å². The molecule has 1 aromatic rings. The van der Waals surface area contributed by atoms with Crippen molar-refractivity contribution in [3.8, 4) is 5.75 Å². The molecule has 0 spiro atoms. The first-order chi connectivity index (χ1) is 7.02. The summed E-state index contributed by atoms with van der Waals surface area (Å²) in [5.74, 6) is -0.388. The lowest BCUT2D eigenvalue weighted by Gasteiger charge is -2.19. The minimum absolute atomic E-state index is 0.145. The van der Waals surface area contributed by atoms with E-state index in [-0.39, 0.29) is 24.0 Å². The summed E-state index contributed by atoms with van der Waals surface area (Å²) < 4.78 is 0. The molecule has 4 heteroatoms. The highest BCUT2D eigenvalue weighted by molar-refractivity contribution is 6.08. The number of hydrogen-bond donors (Lipinski definition) is 2. The average molecular weight is 205 g/mol. The van der Waals surface area contributed by atoms with Crippen LogP contribution in [0.4, 0.5) is 0 Å². The predicted octanol–water partition coefficient (Wildman–Crippen LogP) is 0.696. The van der Waals surface area contributed by atoms with Gasteiger partial charge in [0.15, 0.2) is 0 Å². The number of carbonyl (C=O) groups excluding carboxylic acids is 2. The van der Waals surface area contributed by atoms with Gasteiger partial charge in [0.2, 0.25) is 11.8 Å². The van der Waals surface area contributed by atoms with Crippen LogP contribution in [0.5, 0.6) is 5.75 Å². The highest BCUT2D eigenvalue weighted by Gasteiger charge is 2.43. The molecule has 1 aliphatic rings. The molecule has 0 aromatic heterocycles. The first-order valence-corrected chi connectivity index (χ1v) is 4.66. The Labute approximate surface area is 86.9 Å². The van der Waals surface area contributed by atoms with Gasteiger partial charge in [-0.3, -0.25) is 14.9 Å². The monoisotopic (exact) mass is 205 g/mol. The molecule has 2 N–H and O–H groups in total. The normalized spacial score (nSPS) is 25.4. The Morgan fingerprint density at radius 1 is 1.27 bits per heavy atom. The SMILES string of the molecule is CC1(c2ccc(O)cc2)CC(=O)NC1=O. The van der Waals surface area contributed by atoms with Crippen LogP contribution in [0.3, 0.4) is 0 Å². The van der Waals surface area contributed by atoms with Gasteiger partial charge in [0.1, 0.15) is 5.75 Å². The van der Waals surface area contributed by atoms with Crippen LogP contribution in [-0.2, 0) is 15.0 Å². The molecule has 2 amide bonds. The van der Waals surface area contributed by atoms with E-state index in [1.54, 1.807) is 19.1 Å². The number of nitrogens with one attached hydrogen (secondary N) is 1. The van der Waals surface area contributed by atoms with Crippen LogP contribution in [0.1, 0.15) is 18.9 Å². The van der Waals surface area contributed by atoms with Crippen LogP contribution < -0.4 is 5.32 Å². The summed E-state index contributed by atoms with van der Waals surface area (Å²) in [7, 11) is 0. The van der Waals surface area contributed by atoms with Gasteiger partial charge in [0, 0.05) is 6.42 Å². The second-order valence-corrected chi connectivity index (χ2v) is 3.93. The summed E-state index contributed by atoms with van der Waals surface area (Å²) in [5.41, 5.74) is -0.0613. The third-order valence-corrected chi connectivity index (χ3v) is 2.77. The maximum Gasteiger partial charge on any atom is 0.237 e. The lowest BCUT2D eigenvalue weighted by molar-refractivity contribution is -0.126. The van der Waals surface area contributed by atoms with Gasteiger partial charge in [-0.25, -0.2) is 0 Å². The molecule has 78 valence electrons. The van der Waals surface area contributed by atoms with Gasteiger partial charge in [-0.15, -0.1) is 0 Å². The Morgan fingerprint density at radius 3 is 2.33 bits per heavy atom. The highest BCUT2D eigenvalue weighted by Crippen LogP contribution is 2.32. The largest absolute Gasteiger partial charge is 0.508 e. The van der Waals surface area contributed by atoms with E-state index in [1.807, 2.05) is 0 Å². The van der Waals surface area contributed by atoms with E-state index in [0.717, 1.165) is 5.56 Å². The van der Waals surface area contributed by atoms with Crippen molar-refractivity contribution in [3.05, 3.63) is 29.8 Å². The van der Waals surface area contributed by atoms with E-state index < -0.39 is 5.41 Å². The van der Waals surface area contributed by atoms with Gasteiger partial charge in [0.05, 0.1) is 5.41 Å². The molecule has 0 radical (unpaired) electrons. The van der Waals surface area contributed by atoms with Crippen molar-refractivity contribution in [1.82, 2.24) is 5.32 Å². The summed E-state index contributed by atoms with van der Waals surface area (Å²) >= 11 is 0. The topological polar surface area (TPSA) is 66.4 Å². The fourth-order valence-corrected chi connectivity index (χ4v) is 1.77. The van der Waals surface area contributed by atoms with Crippen LogP contribution in [0.15, 0.2) is 24.3 Å². The molecule has 1 saturated heterocycles. The molecule has 1 aromatic carbocycles. The number of benzene rings is 1. The lowest BCUT2D eigenvalue weighted by atomic mass is 9.81. The molecule has 15 heavy (non-hydrogen) atoms. The average Bonchev–Trinajstić information content (AvgIpc) is 2.42. The van der Waals surface area contributed by atoms with E-state index in [9.17, 15) is 9.59 Å². The van der Waals surface area contributed by atoms with Crippen molar-refractivity contribution in [2.75, 3.05) is 0 Å². The van der Waals surface area contributed by atoms with Gasteiger partial charge in [-0.1, -0.05) is 12.1 Å². The fourth-order valence-electron chi connectivity index (χ4n) is 1.77. The minimum atomic E-state index is -0.801. The zero-order chi connectivity index (χ0) is 11.1. The van der Waals surface area contributed by atoms with E-state index in [0.29, 0.717) is 0 Å². The summed E-state index contributed by atoms with van der Waals surface area (Å²) in [5, 5.41) is 11.4. The maximum atomic E-state index is 11.6. The number of phenols is 1. The number of amides is 2. The number of imide groups is 1. The molecular weight excluding hydrogens is 194 g/mol. The fraction of sp³-hybridized carbons (Fsp3) is 0.273. The summed E-state index contributed by atoms with van der Waals surface area (Å²) in [6.07, 6.45) is 0.163. The lowest BCUT2D eigenvalue weighted by Crippen LogP contribution is -2.32. The Balaban J connectivity index is 2.41. The summed E-state index contributed by atoms with van der Waals surface area (Å²) in [4.78, 5) is 22.7. The van der Waals surface area contributed by atoms with Crippen molar-refractivity contribution in [3.63, 3.8) is 0 Å². The van der Waals surface area contributed by atoms with Crippen LogP contribution in [0.25, 0.3) is 0 Å². The highest BCUT2D eigenvalue weighted by atomic mass is 16.3. The third kappa shape index (κ3) is 1.48. The molecule has 0 aliphatic carbocycles. The molecule has 0 saturated carbocycles. The molecule has 1 atom stereocenters. The summed E-state index contributed by atoms with van der Waals surface area (Å²) in [6.45, 7) is 1.72. The van der Waals surface area contributed by atoms with E-state index in [1.165, 1.54) is 12.1 Å². The second kappa shape index (κ2) is 3.08. The molecule has 1 aliphatic heterocycles. The molecule has 1 unspecified atom stereocenters. The zero-order valence-corrected chi connectivity index (χ0v) is 8.28. The van der Waals surface area contributed by atoms with Crippen molar-refractivity contribution in [1.29, 1.82) is 0 Å². The smallest absolute Gasteiger partial charge is 0.237 e. The first kappa shape index (κ1) is 9.71. The van der Waals surface area contributed by atoms with Crippen LogP contribution in [-0.4, -0.2) is 16.9 Å². The van der Waals surface area contributed by atoms with Crippen LogP contribution >= 0.6 is 0 Å². The number of carbonyl (C=O) groups is 2. The molecule has 1 fully saturated rings. The number of hydrogen-bond acceptors (Lipinski definition) is 3. The van der Waals surface area contributed by atoms with Crippen LogP contribution in [0.2, 0.25) is 0 Å². The number of rotatable bonds is 1.